The summed E-state index contributed by atoms with van der Waals surface area (Å²) in [5.41, 5.74) is 2.73. The van der Waals surface area contributed by atoms with Crippen LogP contribution in [0.4, 0.5) is 5.69 Å². The third-order valence-electron chi connectivity index (χ3n) is 4.00. The summed E-state index contributed by atoms with van der Waals surface area (Å²) in [5.74, 6) is -0.0625. The molecule has 31 heavy (non-hydrogen) atoms. The number of aliphatic hydroxyl groups is 1. The van der Waals surface area contributed by atoms with Crippen molar-refractivity contribution in [3.05, 3.63) is 64.7 Å². The number of hydrogen-bond acceptors (Lipinski definition) is 8. The molecule has 4 aromatic rings. The predicted molar refractivity (Wildman–Crippen MR) is 120 cm³/mol. The van der Waals surface area contributed by atoms with Gasteiger partial charge in [-0.05, 0) is 38.1 Å². The van der Waals surface area contributed by atoms with E-state index < -0.39 is 5.63 Å². The first-order chi connectivity index (χ1) is 14.2. The van der Waals surface area contributed by atoms with Crippen molar-refractivity contribution in [2.24, 2.45) is 0 Å². The Morgan fingerprint density at radius 1 is 1.10 bits per heavy atom. The standard InChI is InChI=1S/C17H13N3O2S.C5H8O2.Ir/c1-20(2)10-7-8-11-13(9-10)22-17(21)15(18-11)16-19-12-5-3-4-6-14(12)23-16;1-4(6)3-5(2)7;/h3-9H,1-2H3;3,6H,1-2H3;/b;4-3-;. The Morgan fingerprint density at radius 2 is 1.81 bits per heavy atom. The maximum absolute atomic E-state index is 12.3. The molecule has 163 valence electrons. The zero-order valence-electron chi connectivity index (χ0n) is 17.4. The van der Waals surface area contributed by atoms with Gasteiger partial charge in [-0.2, -0.15) is 0 Å². The Hall–Kier alpha value is -2.87. The van der Waals surface area contributed by atoms with Gasteiger partial charge in [-0.15, -0.1) is 11.3 Å². The van der Waals surface area contributed by atoms with E-state index in [1.807, 2.05) is 61.5 Å². The van der Waals surface area contributed by atoms with Crippen LogP contribution in [0.15, 0.2) is 63.5 Å². The van der Waals surface area contributed by atoms with Gasteiger partial charge < -0.3 is 14.4 Å². The quantitative estimate of drug-likeness (QED) is 0.267. The van der Waals surface area contributed by atoms with E-state index in [-0.39, 0.29) is 37.3 Å². The summed E-state index contributed by atoms with van der Waals surface area (Å²) in [6, 6.07) is 13.4. The van der Waals surface area contributed by atoms with Crippen molar-refractivity contribution in [1.29, 1.82) is 0 Å². The fraction of sp³-hybridized carbons (Fsp3) is 0.182. The SMILES string of the molecule is CC(=O)/C=C(/C)O.CN(C)c1ccc2nc(-c3nc4ccccc4s3)c(=O)oc2c1.[Ir]. The van der Waals surface area contributed by atoms with Crippen LogP contribution < -0.4 is 10.5 Å². The Balaban J connectivity index is 0.000000373. The van der Waals surface area contributed by atoms with Crippen molar-refractivity contribution in [3.63, 3.8) is 0 Å². The van der Waals surface area contributed by atoms with Crippen molar-refractivity contribution in [3.8, 4) is 10.7 Å². The monoisotopic (exact) mass is 616 g/mol. The minimum atomic E-state index is -0.465. The number of anilines is 1. The zero-order valence-corrected chi connectivity index (χ0v) is 20.6. The number of hydrogen-bond donors (Lipinski definition) is 1. The number of carbonyl (C=O) groups is 1. The van der Waals surface area contributed by atoms with E-state index in [1.54, 1.807) is 0 Å². The van der Waals surface area contributed by atoms with E-state index in [4.69, 9.17) is 9.52 Å². The zero-order chi connectivity index (χ0) is 21.8. The number of allylic oxidation sites excluding steroid dienone is 2. The molecule has 0 spiro atoms. The van der Waals surface area contributed by atoms with Crippen LogP contribution in [-0.4, -0.2) is 35.0 Å². The first-order valence-corrected chi connectivity index (χ1v) is 9.92. The molecule has 2 aromatic heterocycles. The van der Waals surface area contributed by atoms with Crippen LogP contribution in [0.1, 0.15) is 13.8 Å². The van der Waals surface area contributed by atoms with Gasteiger partial charge in [0.15, 0.2) is 22.1 Å². The molecule has 4 rings (SSSR count). The molecule has 0 saturated carbocycles. The molecule has 0 aliphatic carbocycles. The summed E-state index contributed by atoms with van der Waals surface area (Å²) in [6.07, 6.45) is 1.17. The van der Waals surface area contributed by atoms with Crippen LogP contribution in [0.5, 0.6) is 0 Å². The molecule has 0 atom stereocenters. The second-order valence-electron chi connectivity index (χ2n) is 6.78. The normalized spacial score (nSPS) is 10.9. The van der Waals surface area contributed by atoms with Crippen molar-refractivity contribution in [1.82, 2.24) is 9.97 Å². The number of rotatable bonds is 3. The number of para-hydroxylation sites is 1. The molecule has 0 amide bonds. The second-order valence-corrected chi connectivity index (χ2v) is 7.81. The maximum atomic E-state index is 12.3. The smallest absolute Gasteiger partial charge is 0.365 e. The number of fused-ring (bicyclic) bond motifs is 2. The van der Waals surface area contributed by atoms with E-state index in [0.717, 1.165) is 15.9 Å². The van der Waals surface area contributed by atoms with E-state index in [2.05, 4.69) is 9.97 Å². The van der Waals surface area contributed by atoms with Crippen LogP contribution in [0.2, 0.25) is 0 Å². The molecular weight excluding hydrogens is 595 g/mol. The van der Waals surface area contributed by atoms with Gasteiger partial charge in [0.2, 0.25) is 0 Å². The number of carbonyl (C=O) groups excluding carboxylic acids is 1. The predicted octanol–water partition coefficient (Wildman–Crippen LogP) is 4.57. The molecule has 0 fully saturated rings. The Kier molecular flexibility index (Phi) is 8.21. The van der Waals surface area contributed by atoms with Crippen molar-refractivity contribution in [2.45, 2.75) is 13.8 Å². The average molecular weight is 616 g/mol. The maximum Gasteiger partial charge on any atom is 0.365 e. The summed E-state index contributed by atoms with van der Waals surface area (Å²) in [5, 5.41) is 8.95. The van der Waals surface area contributed by atoms with Crippen molar-refractivity contribution in [2.75, 3.05) is 19.0 Å². The molecule has 2 aromatic carbocycles. The minimum Gasteiger partial charge on any atom is -0.512 e. The van der Waals surface area contributed by atoms with Crippen LogP contribution in [0, 0.1) is 0 Å². The topological polar surface area (TPSA) is 96.5 Å². The third-order valence-corrected chi connectivity index (χ3v) is 5.04. The number of ketones is 1. The molecule has 1 N–H and O–H groups in total. The number of aliphatic hydroxyl groups excluding tert-OH is 1. The van der Waals surface area contributed by atoms with E-state index in [1.165, 1.54) is 31.3 Å². The number of aromatic nitrogens is 2. The van der Waals surface area contributed by atoms with E-state index >= 15 is 0 Å². The molecule has 0 saturated heterocycles. The van der Waals surface area contributed by atoms with Crippen LogP contribution in [0.25, 0.3) is 32.0 Å². The van der Waals surface area contributed by atoms with Gasteiger partial charge in [-0.1, -0.05) is 12.1 Å². The van der Waals surface area contributed by atoms with Crippen LogP contribution in [-0.2, 0) is 24.9 Å². The first kappa shape index (κ1) is 24.4. The van der Waals surface area contributed by atoms with Crippen molar-refractivity contribution >= 4 is 44.1 Å². The van der Waals surface area contributed by atoms with Crippen molar-refractivity contribution < 1.29 is 34.4 Å². The van der Waals surface area contributed by atoms with Gasteiger partial charge in [-0.25, -0.2) is 14.8 Å². The summed E-state index contributed by atoms with van der Waals surface area (Å²) in [4.78, 5) is 33.2. The largest absolute Gasteiger partial charge is 0.512 e. The van der Waals surface area contributed by atoms with Gasteiger partial charge in [0.05, 0.1) is 16.0 Å². The van der Waals surface area contributed by atoms with Gasteiger partial charge in [-0.3, -0.25) is 4.79 Å². The minimum absolute atomic E-state index is 0. The molecule has 0 unspecified atom stereocenters. The molecule has 2 heterocycles. The number of benzene rings is 2. The van der Waals surface area contributed by atoms with E-state index in [9.17, 15) is 9.59 Å². The third kappa shape index (κ3) is 6.07. The number of thiazole rings is 1. The Bertz CT molecular complexity index is 1270. The fourth-order valence-corrected chi connectivity index (χ4v) is 3.62. The summed E-state index contributed by atoms with van der Waals surface area (Å²) < 4.78 is 6.48. The van der Waals surface area contributed by atoms with Gasteiger partial charge in [0.25, 0.3) is 0 Å². The molecule has 1 radical (unpaired) electrons. The summed E-state index contributed by atoms with van der Waals surface area (Å²) in [6.45, 7) is 2.85. The molecule has 7 nitrogen and oxygen atoms in total. The van der Waals surface area contributed by atoms with Gasteiger partial charge >= 0.3 is 5.63 Å². The molecule has 0 aliphatic rings. The molecule has 0 bridgehead atoms. The molecular formula is C22H21IrN3O4S. The Labute approximate surface area is 196 Å². The molecule has 0 aliphatic heterocycles. The van der Waals surface area contributed by atoms with Crippen LogP contribution in [0.3, 0.4) is 0 Å². The summed E-state index contributed by atoms with van der Waals surface area (Å²) in [7, 11) is 3.87. The van der Waals surface area contributed by atoms with Gasteiger partial charge in [0.1, 0.15) is 5.52 Å². The molecule has 9 heteroatoms. The van der Waals surface area contributed by atoms with Gasteiger partial charge in [0, 0.05) is 52.0 Å². The number of nitrogens with zero attached hydrogens (tertiary/aromatic N) is 3. The first-order valence-electron chi connectivity index (χ1n) is 9.10. The van der Waals surface area contributed by atoms with Crippen LogP contribution >= 0.6 is 11.3 Å². The fourth-order valence-electron chi connectivity index (χ4n) is 2.67. The average Bonchev–Trinajstić information content (AvgIpc) is 3.10. The second kappa shape index (κ2) is 10.4. The van der Waals surface area contributed by atoms with E-state index in [0.29, 0.717) is 16.1 Å². The summed E-state index contributed by atoms with van der Waals surface area (Å²) >= 11 is 1.44. The Morgan fingerprint density at radius 3 is 2.39 bits per heavy atom.